The van der Waals surface area contributed by atoms with Crippen LogP contribution in [-0.2, 0) is 0 Å². The molecule has 1 N–H and O–H groups in total. The van der Waals surface area contributed by atoms with Crippen molar-refractivity contribution in [2.45, 2.75) is 98.8 Å². The predicted octanol–water partition coefficient (Wildman–Crippen LogP) is 7.80. The number of allylic oxidation sites excluding steroid dienone is 4. The van der Waals surface area contributed by atoms with E-state index in [9.17, 15) is 5.11 Å². The molecule has 4 aliphatic rings. The lowest BCUT2D eigenvalue weighted by atomic mass is 9.48. The van der Waals surface area contributed by atoms with Crippen molar-refractivity contribution >= 4 is 0 Å². The molecule has 9 atom stereocenters. The van der Waals surface area contributed by atoms with Gasteiger partial charge in [-0.15, -0.1) is 0 Å². The molecule has 3 unspecified atom stereocenters. The number of rotatable bonds is 6. The second-order valence-electron chi connectivity index (χ2n) is 12.2. The highest BCUT2D eigenvalue weighted by Gasteiger charge is 2.57. The van der Waals surface area contributed by atoms with Crippen LogP contribution in [0, 0.1) is 52.3 Å². The molecule has 4 aliphatic carbocycles. The molecule has 4 rings (SSSR count). The summed E-state index contributed by atoms with van der Waals surface area (Å²) < 4.78 is 0. The lowest BCUT2D eigenvalue weighted by Crippen LogP contribution is -2.48. The maximum Gasteiger partial charge on any atom is 0.0462 e. The van der Waals surface area contributed by atoms with Gasteiger partial charge in [0, 0.05) is 6.61 Å². The average molecular weight is 413 g/mol. The first-order chi connectivity index (χ1) is 14.3. The minimum Gasteiger partial charge on any atom is -0.396 e. The van der Waals surface area contributed by atoms with Crippen LogP contribution in [0.25, 0.3) is 0 Å². The molecule has 1 heteroatoms. The van der Waals surface area contributed by atoms with Crippen LogP contribution in [0.1, 0.15) is 98.8 Å². The average Bonchev–Trinajstić information content (AvgIpc) is 3.10. The number of fused-ring (bicyclic) bond motifs is 5. The van der Waals surface area contributed by atoms with E-state index >= 15 is 0 Å². The van der Waals surface area contributed by atoms with Gasteiger partial charge >= 0.3 is 0 Å². The molecule has 0 spiro atoms. The Balaban J connectivity index is 1.52. The fourth-order valence-corrected chi connectivity index (χ4v) is 8.76. The lowest BCUT2D eigenvalue weighted by Gasteiger charge is -2.57. The third kappa shape index (κ3) is 3.66. The summed E-state index contributed by atoms with van der Waals surface area (Å²) in [6.07, 6.45) is 21.8. The Bertz CT molecular complexity index is 661. The van der Waals surface area contributed by atoms with Crippen molar-refractivity contribution in [1.29, 1.82) is 0 Å². The summed E-state index contributed by atoms with van der Waals surface area (Å²) in [5.41, 5.74) is 3.00. The summed E-state index contributed by atoms with van der Waals surface area (Å²) in [6.45, 7) is 12.5. The van der Waals surface area contributed by atoms with Gasteiger partial charge in [-0.25, -0.2) is 0 Å². The molecule has 0 radical (unpaired) electrons. The Labute approximate surface area is 186 Å². The zero-order valence-corrected chi connectivity index (χ0v) is 20.5. The van der Waals surface area contributed by atoms with E-state index in [0.29, 0.717) is 35.2 Å². The maximum atomic E-state index is 9.58. The van der Waals surface area contributed by atoms with E-state index in [1.54, 1.807) is 0 Å². The molecule has 0 saturated heterocycles. The van der Waals surface area contributed by atoms with Gasteiger partial charge in [-0.05, 0) is 104 Å². The van der Waals surface area contributed by atoms with Crippen LogP contribution in [0.3, 0.4) is 0 Å². The summed E-state index contributed by atoms with van der Waals surface area (Å²) in [5, 5.41) is 9.58. The van der Waals surface area contributed by atoms with Gasteiger partial charge < -0.3 is 5.11 Å². The Kier molecular flexibility index (Phi) is 6.61. The first-order valence-electron chi connectivity index (χ1n) is 13.3. The fraction of sp³-hybridized carbons (Fsp3) is 0.862. The highest BCUT2D eigenvalue weighted by atomic mass is 16.3. The number of hydrogen-bond acceptors (Lipinski definition) is 1. The van der Waals surface area contributed by atoms with Gasteiger partial charge in [0.05, 0.1) is 0 Å². The molecule has 0 aromatic heterocycles. The van der Waals surface area contributed by atoms with Crippen LogP contribution in [-0.4, -0.2) is 11.7 Å². The zero-order chi connectivity index (χ0) is 21.5. The summed E-state index contributed by atoms with van der Waals surface area (Å²) in [4.78, 5) is 0. The zero-order valence-electron chi connectivity index (χ0n) is 20.5. The second-order valence-corrected chi connectivity index (χ2v) is 12.2. The molecule has 3 fully saturated rings. The lowest BCUT2D eigenvalue weighted by molar-refractivity contribution is -0.00482. The first kappa shape index (κ1) is 22.6. The molecular formula is C29H48O. The van der Waals surface area contributed by atoms with Crippen molar-refractivity contribution in [2.75, 3.05) is 6.61 Å². The molecule has 1 nitrogen and oxygen atoms in total. The quantitative estimate of drug-likeness (QED) is 0.441. The van der Waals surface area contributed by atoms with Gasteiger partial charge in [0.25, 0.3) is 0 Å². The molecule has 170 valence electrons. The fourth-order valence-electron chi connectivity index (χ4n) is 8.76. The summed E-state index contributed by atoms with van der Waals surface area (Å²) >= 11 is 0. The van der Waals surface area contributed by atoms with Crippen molar-refractivity contribution in [3.05, 3.63) is 23.8 Å². The van der Waals surface area contributed by atoms with Gasteiger partial charge in [-0.3, -0.25) is 0 Å². The Morgan fingerprint density at radius 3 is 2.50 bits per heavy atom. The topological polar surface area (TPSA) is 20.2 Å². The third-order valence-electron chi connectivity index (χ3n) is 10.9. The van der Waals surface area contributed by atoms with Crippen LogP contribution in [0.2, 0.25) is 0 Å². The van der Waals surface area contributed by atoms with Crippen LogP contribution in [0.4, 0.5) is 0 Å². The third-order valence-corrected chi connectivity index (χ3v) is 10.9. The molecular weight excluding hydrogens is 364 g/mol. The van der Waals surface area contributed by atoms with Crippen LogP contribution >= 0.6 is 0 Å². The predicted molar refractivity (Wildman–Crippen MR) is 128 cm³/mol. The van der Waals surface area contributed by atoms with Crippen molar-refractivity contribution in [3.63, 3.8) is 0 Å². The van der Waals surface area contributed by atoms with Crippen molar-refractivity contribution in [1.82, 2.24) is 0 Å². The second kappa shape index (κ2) is 8.76. The highest BCUT2D eigenvalue weighted by Crippen LogP contribution is 2.66. The maximum absolute atomic E-state index is 9.58. The van der Waals surface area contributed by atoms with E-state index < -0.39 is 0 Å². The van der Waals surface area contributed by atoms with E-state index in [-0.39, 0.29) is 0 Å². The van der Waals surface area contributed by atoms with Crippen molar-refractivity contribution in [3.8, 4) is 0 Å². The van der Waals surface area contributed by atoms with E-state index in [4.69, 9.17) is 0 Å². The molecule has 3 saturated carbocycles. The van der Waals surface area contributed by atoms with Crippen molar-refractivity contribution < 1.29 is 5.11 Å². The normalized spacial score (nSPS) is 44.0. The molecule has 0 heterocycles. The molecule has 30 heavy (non-hydrogen) atoms. The Morgan fingerprint density at radius 1 is 1.00 bits per heavy atom. The molecule has 0 aromatic carbocycles. The molecule has 0 amide bonds. The van der Waals surface area contributed by atoms with Gasteiger partial charge in [-0.1, -0.05) is 71.3 Å². The van der Waals surface area contributed by atoms with E-state index in [1.165, 1.54) is 57.8 Å². The minimum absolute atomic E-state index is 0.301. The summed E-state index contributed by atoms with van der Waals surface area (Å²) in [6, 6.07) is 0. The largest absolute Gasteiger partial charge is 0.396 e. The molecule has 0 aromatic rings. The smallest absolute Gasteiger partial charge is 0.0462 e. The Morgan fingerprint density at radius 2 is 1.77 bits per heavy atom. The summed E-state index contributed by atoms with van der Waals surface area (Å²) in [5.74, 6) is 5.05. The SMILES string of the molecule is CCC(C=C[C@@H](C)[C@H]1CC[C@H]2C3=CCC4CCCC[C@]4(C)[C@H]3CC[C@]12C)C(C)CO. The van der Waals surface area contributed by atoms with Gasteiger partial charge in [0.15, 0.2) is 0 Å². The van der Waals surface area contributed by atoms with Crippen molar-refractivity contribution in [2.24, 2.45) is 52.3 Å². The molecule has 0 aliphatic heterocycles. The van der Waals surface area contributed by atoms with Crippen LogP contribution < -0.4 is 0 Å². The standard InChI is InChI=1S/C29H48O/c1-6-22(21(3)19-30)11-10-20(2)25-14-15-26-24-13-12-23-9-7-8-17-28(23,4)27(24)16-18-29(25,26)5/h10-11,13,20-23,25-27,30H,6-9,12,14-19H2,1-5H3/t20-,21?,22?,23?,25-,26+,27+,28+,29-/m1/s1. The van der Waals surface area contributed by atoms with E-state index in [0.717, 1.165) is 30.1 Å². The molecule has 0 bridgehead atoms. The van der Waals surface area contributed by atoms with Gasteiger partial charge in [0.1, 0.15) is 0 Å². The summed E-state index contributed by atoms with van der Waals surface area (Å²) in [7, 11) is 0. The van der Waals surface area contributed by atoms with Crippen LogP contribution in [0.15, 0.2) is 23.8 Å². The first-order valence-corrected chi connectivity index (χ1v) is 13.3. The van der Waals surface area contributed by atoms with Gasteiger partial charge in [0.2, 0.25) is 0 Å². The number of aliphatic hydroxyl groups excluding tert-OH is 1. The van der Waals surface area contributed by atoms with E-state index in [1.807, 2.05) is 5.57 Å². The Hall–Kier alpha value is -0.560. The minimum atomic E-state index is 0.301. The monoisotopic (exact) mass is 412 g/mol. The number of aliphatic hydroxyl groups is 1. The number of hydrogen-bond donors (Lipinski definition) is 1. The van der Waals surface area contributed by atoms with Gasteiger partial charge in [-0.2, -0.15) is 0 Å². The highest BCUT2D eigenvalue weighted by molar-refractivity contribution is 5.28. The van der Waals surface area contributed by atoms with E-state index in [2.05, 4.69) is 52.8 Å². The van der Waals surface area contributed by atoms with Crippen LogP contribution in [0.5, 0.6) is 0 Å².